The lowest BCUT2D eigenvalue weighted by Crippen LogP contribution is -2.11. The van der Waals surface area contributed by atoms with Crippen LogP contribution in [0.5, 0.6) is 11.5 Å². The minimum absolute atomic E-state index is 0.129. The second-order valence-corrected chi connectivity index (χ2v) is 5.10. The van der Waals surface area contributed by atoms with Crippen molar-refractivity contribution in [1.29, 1.82) is 0 Å². The average molecular weight is 317 g/mol. The Hall–Kier alpha value is -2.56. The van der Waals surface area contributed by atoms with Gasteiger partial charge < -0.3 is 14.8 Å². The largest absolute Gasteiger partial charge is 0.493 e. The maximum atomic E-state index is 13.1. The number of carbonyl (C=O) groups excluding carboxylic acids is 1. The lowest BCUT2D eigenvalue weighted by Gasteiger charge is -2.09. The monoisotopic (exact) mass is 317 g/mol. The van der Waals surface area contributed by atoms with E-state index in [4.69, 9.17) is 9.47 Å². The highest BCUT2D eigenvalue weighted by molar-refractivity contribution is 5.90. The Labute approximate surface area is 135 Å². The highest BCUT2D eigenvalue weighted by atomic mass is 19.1. The number of benzene rings is 2. The molecule has 0 saturated heterocycles. The number of hydrogen-bond donors (Lipinski definition) is 1. The van der Waals surface area contributed by atoms with Gasteiger partial charge in [-0.25, -0.2) is 4.39 Å². The van der Waals surface area contributed by atoms with E-state index in [9.17, 15) is 9.18 Å². The zero-order chi connectivity index (χ0) is 16.7. The molecule has 0 saturated carbocycles. The lowest BCUT2D eigenvalue weighted by atomic mass is 10.1. The molecule has 23 heavy (non-hydrogen) atoms. The van der Waals surface area contributed by atoms with Crippen molar-refractivity contribution < 1.29 is 18.7 Å². The molecule has 0 radical (unpaired) electrons. The van der Waals surface area contributed by atoms with Gasteiger partial charge in [0.2, 0.25) is 5.91 Å². The van der Waals surface area contributed by atoms with Crippen molar-refractivity contribution in [3.63, 3.8) is 0 Å². The summed E-state index contributed by atoms with van der Waals surface area (Å²) in [5.74, 6) is 0.860. The summed E-state index contributed by atoms with van der Waals surface area (Å²) in [5, 5.41) is 2.69. The molecule has 0 atom stereocenters. The minimum Gasteiger partial charge on any atom is -0.493 e. The molecule has 4 nitrogen and oxygen atoms in total. The number of ether oxygens (including phenoxy) is 2. The summed E-state index contributed by atoms with van der Waals surface area (Å²) in [7, 11) is 3.18. The van der Waals surface area contributed by atoms with E-state index >= 15 is 0 Å². The third-order valence-corrected chi connectivity index (χ3v) is 3.43. The summed E-state index contributed by atoms with van der Waals surface area (Å²) in [6.07, 6.45) is 1.80. The van der Waals surface area contributed by atoms with Gasteiger partial charge in [0.15, 0.2) is 11.5 Å². The molecule has 0 spiro atoms. The van der Waals surface area contributed by atoms with E-state index < -0.39 is 0 Å². The van der Waals surface area contributed by atoms with Crippen LogP contribution in [0.1, 0.15) is 18.4 Å². The molecular formula is C18H20FNO3. The van der Waals surface area contributed by atoms with Gasteiger partial charge in [0, 0.05) is 12.1 Å². The van der Waals surface area contributed by atoms with Gasteiger partial charge in [0.05, 0.1) is 14.2 Å². The number of rotatable bonds is 7. The number of amides is 1. The van der Waals surface area contributed by atoms with Crippen molar-refractivity contribution in [2.75, 3.05) is 19.5 Å². The van der Waals surface area contributed by atoms with Gasteiger partial charge in [-0.05, 0) is 48.7 Å². The standard InChI is InChI=1S/C18H20FNO3/c1-22-16-10-9-13(11-17(16)23-2)5-3-8-18(21)20-15-7-4-6-14(19)12-15/h4,6-7,9-12H,3,5,8H2,1-2H3,(H,20,21). The van der Waals surface area contributed by atoms with E-state index in [0.29, 0.717) is 30.0 Å². The van der Waals surface area contributed by atoms with Crippen molar-refractivity contribution in [2.45, 2.75) is 19.3 Å². The summed E-state index contributed by atoms with van der Waals surface area (Å²) < 4.78 is 23.5. The molecule has 0 aliphatic rings. The Kier molecular flexibility index (Phi) is 5.97. The van der Waals surface area contributed by atoms with Crippen LogP contribution in [0.3, 0.4) is 0 Å². The fourth-order valence-electron chi connectivity index (χ4n) is 2.28. The van der Waals surface area contributed by atoms with E-state index in [1.54, 1.807) is 26.4 Å². The predicted molar refractivity (Wildman–Crippen MR) is 87.5 cm³/mol. The Balaban J connectivity index is 1.83. The molecule has 2 aromatic carbocycles. The quantitative estimate of drug-likeness (QED) is 0.845. The number of halogens is 1. The molecular weight excluding hydrogens is 297 g/mol. The van der Waals surface area contributed by atoms with Crippen LogP contribution in [0, 0.1) is 5.82 Å². The number of hydrogen-bond acceptors (Lipinski definition) is 3. The van der Waals surface area contributed by atoms with E-state index in [1.807, 2.05) is 18.2 Å². The first-order valence-electron chi connectivity index (χ1n) is 7.38. The van der Waals surface area contributed by atoms with Gasteiger partial charge in [-0.15, -0.1) is 0 Å². The van der Waals surface area contributed by atoms with Crippen molar-refractivity contribution in [1.82, 2.24) is 0 Å². The highest BCUT2D eigenvalue weighted by Gasteiger charge is 2.06. The smallest absolute Gasteiger partial charge is 0.224 e. The number of methoxy groups -OCH3 is 2. The second-order valence-electron chi connectivity index (χ2n) is 5.10. The van der Waals surface area contributed by atoms with Gasteiger partial charge in [0.25, 0.3) is 0 Å². The van der Waals surface area contributed by atoms with Crippen molar-refractivity contribution in [2.24, 2.45) is 0 Å². The Morgan fingerprint density at radius 2 is 1.87 bits per heavy atom. The summed E-state index contributed by atoms with van der Waals surface area (Å²) in [4.78, 5) is 11.9. The third kappa shape index (κ3) is 4.98. The molecule has 0 aliphatic carbocycles. The third-order valence-electron chi connectivity index (χ3n) is 3.43. The van der Waals surface area contributed by atoms with Crippen molar-refractivity contribution in [3.8, 4) is 11.5 Å². The second kappa shape index (κ2) is 8.17. The van der Waals surface area contributed by atoms with Gasteiger partial charge in [-0.3, -0.25) is 4.79 Å². The molecule has 1 amide bonds. The van der Waals surface area contributed by atoms with Crippen molar-refractivity contribution >= 4 is 11.6 Å². The number of carbonyl (C=O) groups is 1. The van der Waals surface area contributed by atoms with Gasteiger partial charge >= 0.3 is 0 Å². The SMILES string of the molecule is COc1ccc(CCCC(=O)Nc2cccc(F)c2)cc1OC. The first kappa shape index (κ1) is 16.8. The number of nitrogens with one attached hydrogen (secondary N) is 1. The summed E-state index contributed by atoms with van der Waals surface area (Å²) in [6.45, 7) is 0. The normalized spacial score (nSPS) is 10.2. The van der Waals surface area contributed by atoms with E-state index in [0.717, 1.165) is 12.0 Å². The number of anilines is 1. The Morgan fingerprint density at radius 3 is 2.57 bits per heavy atom. The van der Waals surface area contributed by atoms with Crippen LogP contribution >= 0.6 is 0 Å². The summed E-state index contributed by atoms with van der Waals surface area (Å²) in [5.41, 5.74) is 1.54. The molecule has 122 valence electrons. The van der Waals surface area contributed by atoms with Gasteiger partial charge in [-0.1, -0.05) is 12.1 Å². The van der Waals surface area contributed by atoms with Crippen LogP contribution in [0.15, 0.2) is 42.5 Å². The zero-order valence-corrected chi connectivity index (χ0v) is 13.3. The molecule has 2 aromatic rings. The first-order chi connectivity index (χ1) is 11.1. The van der Waals surface area contributed by atoms with Gasteiger partial charge in [-0.2, -0.15) is 0 Å². The molecule has 2 rings (SSSR count). The van der Waals surface area contributed by atoms with Crippen LogP contribution < -0.4 is 14.8 Å². The van der Waals surface area contributed by atoms with Crippen LogP contribution in [0.25, 0.3) is 0 Å². The molecule has 0 bridgehead atoms. The molecule has 0 aromatic heterocycles. The molecule has 0 fully saturated rings. The maximum Gasteiger partial charge on any atom is 0.224 e. The van der Waals surface area contributed by atoms with Crippen LogP contribution in [0.2, 0.25) is 0 Å². The summed E-state index contributed by atoms with van der Waals surface area (Å²) in [6, 6.07) is 11.6. The van der Waals surface area contributed by atoms with E-state index in [2.05, 4.69) is 5.32 Å². The van der Waals surface area contributed by atoms with Crippen LogP contribution in [-0.2, 0) is 11.2 Å². The van der Waals surface area contributed by atoms with Crippen LogP contribution in [-0.4, -0.2) is 20.1 Å². The fourth-order valence-corrected chi connectivity index (χ4v) is 2.28. The van der Waals surface area contributed by atoms with Gasteiger partial charge in [0.1, 0.15) is 5.82 Å². The van der Waals surface area contributed by atoms with E-state index in [1.165, 1.54) is 12.1 Å². The predicted octanol–water partition coefficient (Wildman–Crippen LogP) is 3.80. The molecule has 1 N–H and O–H groups in total. The van der Waals surface area contributed by atoms with E-state index in [-0.39, 0.29) is 11.7 Å². The fraction of sp³-hybridized carbons (Fsp3) is 0.278. The zero-order valence-electron chi connectivity index (χ0n) is 13.3. The molecule has 0 aliphatic heterocycles. The average Bonchev–Trinajstić information content (AvgIpc) is 2.54. The minimum atomic E-state index is -0.367. The molecule has 0 heterocycles. The molecule has 5 heteroatoms. The highest BCUT2D eigenvalue weighted by Crippen LogP contribution is 2.28. The lowest BCUT2D eigenvalue weighted by molar-refractivity contribution is -0.116. The van der Waals surface area contributed by atoms with Crippen LogP contribution in [0.4, 0.5) is 10.1 Å². The Bertz CT molecular complexity index is 673. The Morgan fingerprint density at radius 1 is 1.09 bits per heavy atom. The topological polar surface area (TPSA) is 47.6 Å². The molecule has 0 unspecified atom stereocenters. The first-order valence-corrected chi connectivity index (χ1v) is 7.38. The maximum absolute atomic E-state index is 13.1. The van der Waals surface area contributed by atoms with Crippen molar-refractivity contribution in [3.05, 3.63) is 53.8 Å². The number of aryl methyl sites for hydroxylation is 1. The summed E-state index contributed by atoms with van der Waals surface area (Å²) >= 11 is 0.